The zero-order valence-electron chi connectivity index (χ0n) is 16.8. The molecule has 2 saturated heterocycles. The van der Waals surface area contributed by atoms with Crippen molar-refractivity contribution in [3.63, 3.8) is 0 Å². The van der Waals surface area contributed by atoms with Crippen LogP contribution in [0.3, 0.4) is 0 Å². The molecular formula is C18H25F3N4O5S. The van der Waals surface area contributed by atoms with Crippen LogP contribution in [0.5, 0.6) is 0 Å². The van der Waals surface area contributed by atoms with E-state index in [4.69, 9.17) is 14.6 Å². The molecule has 1 saturated carbocycles. The van der Waals surface area contributed by atoms with Crippen LogP contribution >= 0.6 is 0 Å². The van der Waals surface area contributed by atoms with Crippen LogP contribution in [0.1, 0.15) is 25.7 Å². The van der Waals surface area contributed by atoms with Gasteiger partial charge in [0.15, 0.2) is 0 Å². The number of hydrogen-bond acceptors (Lipinski definition) is 7. The van der Waals surface area contributed by atoms with Gasteiger partial charge in [0, 0.05) is 44.0 Å². The number of aromatic nitrogens is 2. The maximum absolute atomic E-state index is 12.7. The molecule has 1 aliphatic carbocycles. The van der Waals surface area contributed by atoms with Gasteiger partial charge >= 0.3 is 12.1 Å². The lowest BCUT2D eigenvalue weighted by Crippen LogP contribution is -2.52. The summed E-state index contributed by atoms with van der Waals surface area (Å²) in [5, 5.41) is 6.98. The van der Waals surface area contributed by atoms with Crippen molar-refractivity contribution in [1.82, 2.24) is 14.3 Å². The lowest BCUT2D eigenvalue weighted by Gasteiger charge is -2.43. The fourth-order valence-corrected chi connectivity index (χ4v) is 5.84. The van der Waals surface area contributed by atoms with Crippen molar-refractivity contribution in [2.24, 2.45) is 5.41 Å². The standard InChI is InChI=1S/C16H24N4O3S.C2HF3O2/c21-24(22,14-2-3-14)20-7-1-4-16(12-20)11-19(8-9-23-13-16)15-10-17-5-6-18-15;3-2(4,5)1(6)7/h5-6,10,14H,1-4,7-9,11-13H2;(H,6,7). The summed E-state index contributed by atoms with van der Waals surface area (Å²) in [5.74, 6) is -1.92. The third kappa shape index (κ3) is 6.04. The molecule has 3 fully saturated rings. The minimum Gasteiger partial charge on any atom is -0.475 e. The highest BCUT2D eigenvalue weighted by molar-refractivity contribution is 7.90. The second kappa shape index (κ2) is 9.25. The predicted molar refractivity (Wildman–Crippen MR) is 104 cm³/mol. The number of nitrogens with zero attached hydrogens (tertiary/aromatic N) is 4. The largest absolute Gasteiger partial charge is 0.490 e. The number of alkyl halides is 3. The average Bonchev–Trinajstić information content (AvgIpc) is 3.57. The Bertz CT molecular complexity index is 867. The van der Waals surface area contributed by atoms with E-state index in [0.717, 1.165) is 44.6 Å². The molecule has 31 heavy (non-hydrogen) atoms. The van der Waals surface area contributed by atoms with Crippen LogP contribution in [-0.4, -0.2) is 84.6 Å². The van der Waals surface area contributed by atoms with Gasteiger partial charge in [0.2, 0.25) is 10.0 Å². The number of carbonyl (C=O) groups is 1. The van der Waals surface area contributed by atoms with Gasteiger partial charge < -0.3 is 14.7 Å². The van der Waals surface area contributed by atoms with Crippen LogP contribution in [0.25, 0.3) is 0 Å². The fourth-order valence-electron chi connectivity index (χ4n) is 3.85. The maximum Gasteiger partial charge on any atom is 0.490 e. The molecule has 3 heterocycles. The SMILES string of the molecule is O=C(O)C(F)(F)F.O=S(=O)(C1CC1)N1CCCC2(COCCN(c3cnccn3)C2)C1. The molecular weight excluding hydrogens is 441 g/mol. The normalized spacial score (nSPS) is 25.5. The van der Waals surface area contributed by atoms with Gasteiger partial charge in [0.05, 0.1) is 24.7 Å². The fraction of sp³-hybridized carbons (Fsp3) is 0.722. The zero-order chi connectivity index (χ0) is 22.7. The summed E-state index contributed by atoms with van der Waals surface area (Å²) in [6.07, 6.45) is 3.55. The summed E-state index contributed by atoms with van der Waals surface area (Å²) in [6, 6.07) is 0. The van der Waals surface area contributed by atoms with Gasteiger partial charge in [-0.3, -0.25) is 4.98 Å². The Kier molecular flexibility index (Phi) is 7.06. The van der Waals surface area contributed by atoms with Crippen LogP contribution in [0, 0.1) is 5.41 Å². The van der Waals surface area contributed by atoms with Crippen molar-refractivity contribution in [2.45, 2.75) is 37.1 Å². The minimum absolute atomic E-state index is 0.143. The highest BCUT2D eigenvalue weighted by atomic mass is 32.2. The molecule has 174 valence electrons. The summed E-state index contributed by atoms with van der Waals surface area (Å²) in [4.78, 5) is 19.6. The van der Waals surface area contributed by atoms with E-state index in [2.05, 4.69) is 14.9 Å². The Hall–Kier alpha value is -1.99. The van der Waals surface area contributed by atoms with E-state index in [9.17, 15) is 21.6 Å². The van der Waals surface area contributed by atoms with Gasteiger partial charge in [-0.2, -0.15) is 13.2 Å². The number of halogens is 3. The Balaban J connectivity index is 0.000000339. The number of carboxylic acid groups (broad SMARTS) is 1. The van der Waals surface area contributed by atoms with E-state index in [1.165, 1.54) is 0 Å². The topological polar surface area (TPSA) is 113 Å². The summed E-state index contributed by atoms with van der Waals surface area (Å²) in [6.45, 7) is 3.97. The molecule has 1 atom stereocenters. The van der Waals surface area contributed by atoms with Crippen molar-refractivity contribution in [1.29, 1.82) is 0 Å². The van der Waals surface area contributed by atoms with Gasteiger partial charge in [-0.1, -0.05) is 0 Å². The molecule has 0 bridgehead atoms. The highest BCUT2D eigenvalue weighted by Gasteiger charge is 2.47. The third-order valence-electron chi connectivity index (χ3n) is 5.49. The van der Waals surface area contributed by atoms with Crippen molar-refractivity contribution in [3.8, 4) is 0 Å². The maximum atomic E-state index is 12.7. The molecule has 1 spiro atoms. The minimum atomic E-state index is -5.08. The van der Waals surface area contributed by atoms with Crippen molar-refractivity contribution in [3.05, 3.63) is 18.6 Å². The van der Waals surface area contributed by atoms with Crippen molar-refractivity contribution >= 4 is 21.8 Å². The lowest BCUT2D eigenvalue weighted by atomic mass is 9.81. The average molecular weight is 466 g/mol. The first-order chi connectivity index (χ1) is 14.5. The first-order valence-electron chi connectivity index (χ1n) is 9.91. The number of carboxylic acids is 1. The Labute approximate surface area is 178 Å². The number of aliphatic carboxylic acids is 1. The number of sulfonamides is 1. The number of hydrogen-bond donors (Lipinski definition) is 1. The third-order valence-corrected chi connectivity index (χ3v) is 7.83. The van der Waals surface area contributed by atoms with Gasteiger partial charge in [-0.05, 0) is 25.7 Å². The smallest absolute Gasteiger partial charge is 0.475 e. The first-order valence-corrected chi connectivity index (χ1v) is 11.4. The lowest BCUT2D eigenvalue weighted by molar-refractivity contribution is -0.192. The van der Waals surface area contributed by atoms with Crippen molar-refractivity contribution in [2.75, 3.05) is 44.3 Å². The van der Waals surface area contributed by atoms with Crippen LogP contribution in [0.15, 0.2) is 18.6 Å². The van der Waals surface area contributed by atoms with Crippen LogP contribution in [0.2, 0.25) is 0 Å². The van der Waals surface area contributed by atoms with Crippen LogP contribution in [0.4, 0.5) is 19.0 Å². The molecule has 1 unspecified atom stereocenters. The Morgan fingerprint density at radius 1 is 1.23 bits per heavy atom. The number of ether oxygens (including phenoxy) is 1. The molecule has 1 N–H and O–H groups in total. The van der Waals surface area contributed by atoms with E-state index < -0.39 is 22.2 Å². The quantitative estimate of drug-likeness (QED) is 0.714. The Morgan fingerprint density at radius 3 is 2.52 bits per heavy atom. The van der Waals surface area contributed by atoms with Gasteiger partial charge in [0.25, 0.3) is 0 Å². The summed E-state index contributed by atoms with van der Waals surface area (Å²) < 4.78 is 64.6. The molecule has 0 amide bonds. The molecule has 9 nitrogen and oxygen atoms in total. The van der Waals surface area contributed by atoms with E-state index in [-0.39, 0.29) is 10.7 Å². The zero-order valence-corrected chi connectivity index (χ0v) is 17.6. The van der Waals surface area contributed by atoms with Crippen LogP contribution in [-0.2, 0) is 19.6 Å². The first kappa shape index (κ1) is 23.7. The predicted octanol–water partition coefficient (Wildman–Crippen LogP) is 1.52. The summed E-state index contributed by atoms with van der Waals surface area (Å²) >= 11 is 0. The van der Waals surface area contributed by atoms with Gasteiger partial charge in [-0.25, -0.2) is 22.5 Å². The molecule has 13 heteroatoms. The second-order valence-corrected chi connectivity index (χ2v) is 10.2. The van der Waals surface area contributed by atoms with E-state index in [1.807, 2.05) is 0 Å². The van der Waals surface area contributed by atoms with Gasteiger partial charge in [0.1, 0.15) is 5.82 Å². The summed E-state index contributed by atoms with van der Waals surface area (Å²) in [5.41, 5.74) is -0.159. The monoisotopic (exact) mass is 466 g/mol. The Morgan fingerprint density at radius 2 is 1.94 bits per heavy atom. The van der Waals surface area contributed by atoms with Gasteiger partial charge in [-0.15, -0.1) is 0 Å². The number of piperidine rings is 1. The molecule has 0 radical (unpaired) electrons. The molecule has 0 aromatic carbocycles. The highest BCUT2D eigenvalue weighted by Crippen LogP contribution is 2.38. The van der Waals surface area contributed by atoms with E-state index in [1.54, 1.807) is 22.9 Å². The molecule has 2 aliphatic heterocycles. The molecule has 1 aromatic rings. The molecule has 4 rings (SSSR count). The van der Waals surface area contributed by atoms with E-state index >= 15 is 0 Å². The van der Waals surface area contributed by atoms with E-state index in [0.29, 0.717) is 26.3 Å². The molecule has 3 aliphatic rings. The number of anilines is 1. The number of rotatable bonds is 3. The molecule has 1 aromatic heterocycles. The van der Waals surface area contributed by atoms with Crippen molar-refractivity contribution < 1.29 is 36.2 Å². The van der Waals surface area contributed by atoms with Crippen LogP contribution < -0.4 is 4.90 Å². The second-order valence-electron chi connectivity index (χ2n) is 8.02. The summed E-state index contributed by atoms with van der Waals surface area (Å²) in [7, 11) is -3.13.